The number of para-hydroxylation sites is 2. The van der Waals surface area contributed by atoms with E-state index in [2.05, 4.69) is 22.5 Å². The summed E-state index contributed by atoms with van der Waals surface area (Å²) >= 11 is 0. The van der Waals surface area contributed by atoms with Gasteiger partial charge in [-0.3, -0.25) is 9.48 Å². The lowest BCUT2D eigenvalue weighted by Gasteiger charge is -2.07. The summed E-state index contributed by atoms with van der Waals surface area (Å²) in [6, 6.07) is 22.8. The third kappa shape index (κ3) is 3.28. The van der Waals surface area contributed by atoms with Crippen molar-refractivity contribution in [3.05, 3.63) is 90.1 Å². The second-order valence-corrected chi connectivity index (χ2v) is 6.13. The quantitative estimate of drug-likeness (QED) is 0.552. The molecule has 26 heavy (non-hydrogen) atoms. The molecule has 0 saturated heterocycles. The zero-order valence-electron chi connectivity index (χ0n) is 14.1. The van der Waals surface area contributed by atoms with Crippen molar-refractivity contribution in [2.24, 2.45) is 0 Å². The molecule has 1 amide bonds. The number of hydrogen-bond donors (Lipinski definition) is 2. The second kappa shape index (κ2) is 6.72. The van der Waals surface area contributed by atoms with E-state index in [-0.39, 0.29) is 5.91 Å². The number of amides is 1. The maximum Gasteiger partial charge on any atom is 0.255 e. The number of nitrogens with one attached hydrogen (secondary N) is 1. The highest BCUT2D eigenvalue weighted by molar-refractivity contribution is 6.07. The molecule has 3 N–H and O–H groups in total. The van der Waals surface area contributed by atoms with E-state index in [4.69, 9.17) is 5.73 Å². The first-order chi connectivity index (χ1) is 12.7. The first kappa shape index (κ1) is 15.9. The number of nitrogen functional groups attached to an aromatic ring is 1. The SMILES string of the molecule is Nc1ccccc1NC(=O)c1ccc2nn(Cc3ccccc3)cc2c1. The standard InChI is InChI=1S/C21H18N4O/c22-18-8-4-5-9-20(18)23-21(26)16-10-11-19-17(12-16)14-25(24-19)13-15-6-2-1-3-7-15/h1-12,14H,13,22H2,(H,23,26). The zero-order chi connectivity index (χ0) is 17.9. The third-order valence-electron chi connectivity index (χ3n) is 4.21. The monoisotopic (exact) mass is 342 g/mol. The van der Waals surface area contributed by atoms with Gasteiger partial charge in [0.05, 0.1) is 23.4 Å². The molecule has 0 atom stereocenters. The molecule has 1 aromatic heterocycles. The molecule has 0 aliphatic heterocycles. The molecule has 128 valence electrons. The number of anilines is 2. The second-order valence-electron chi connectivity index (χ2n) is 6.13. The predicted octanol–water partition coefficient (Wildman–Crippen LogP) is 3.92. The van der Waals surface area contributed by atoms with Crippen LogP contribution >= 0.6 is 0 Å². The fraction of sp³-hybridized carbons (Fsp3) is 0.0476. The molecule has 5 nitrogen and oxygen atoms in total. The Kier molecular flexibility index (Phi) is 4.11. The van der Waals surface area contributed by atoms with Gasteiger partial charge < -0.3 is 11.1 Å². The van der Waals surface area contributed by atoms with E-state index in [1.165, 1.54) is 5.56 Å². The lowest BCUT2D eigenvalue weighted by molar-refractivity contribution is 0.102. The predicted molar refractivity (Wildman–Crippen MR) is 104 cm³/mol. The van der Waals surface area contributed by atoms with Crippen molar-refractivity contribution in [1.29, 1.82) is 0 Å². The van der Waals surface area contributed by atoms with Crippen LogP contribution in [0, 0.1) is 0 Å². The van der Waals surface area contributed by atoms with Gasteiger partial charge in [0.2, 0.25) is 0 Å². The van der Waals surface area contributed by atoms with E-state index in [1.54, 1.807) is 18.2 Å². The number of aromatic nitrogens is 2. The molecule has 4 rings (SSSR count). The molecule has 5 heteroatoms. The molecular weight excluding hydrogens is 324 g/mol. The highest BCUT2D eigenvalue weighted by Crippen LogP contribution is 2.20. The molecule has 4 aromatic rings. The van der Waals surface area contributed by atoms with E-state index in [0.29, 0.717) is 23.5 Å². The van der Waals surface area contributed by atoms with Crippen LogP contribution in [0.3, 0.4) is 0 Å². The van der Waals surface area contributed by atoms with Crippen molar-refractivity contribution >= 4 is 28.2 Å². The molecule has 0 aliphatic rings. The van der Waals surface area contributed by atoms with Crippen LogP contribution in [0.15, 0.2) is 79.0 Å². The maximum absolute atomic E-state index is 12.5. The summed E-state index contributed by atoms with van der Waals surface area (Å²) in [7, 11) is 0. The van der Waals surface area contributed by atoms with Crippen LogP contribution in [0.1, 0.15) is 15.9 Å². The number of nitrogens with zero attached hydrogens (tertiary/aromatic N) is 2. The minimum absolute atomic E-state index is 0.194. The largest absolute Gasteiger partial charge is 0.397 e. The lowest BCUT2D eigenvalue weighted by atomic mass is 10.1. The van der Waals surface area contributed by atoms with E-state index < -0.39 is 0 Å². The van der Waals surface area contributed by atoms with Crippen molar-refractivity contribution < 1.29 is 4.79 Å². The fourth-order valence-corrected chi connectivity index (χ4v) is 2.87. The summed E-state index contributed by atoms with van der Waals surface area (Å²) in [5.74, 6) is -0.194. The van der Waals surface area contributed by atoms with Gasteiger partial charge in [-0.05, 0) is 35.9 Å². The molecule has 0 saturated carbocycles. The van der Waals surface area contributed by atoms with E-state index in [1.807, 2.05) is 53.3 Å². The first-order valence-electron chi connectivity index (χ1n) is 8.36. The lowest BCUT2D eigenvalue weighted by Crippen LogP contribution is -2.12. The Hall–Kier alpha value is -3.60. The summed E-state index contributed by atoms with van der Waals surface area (Å²) in [6.45, 7) is 0.692. The molecule has 0 radical (unpaired) electrons. The molecule has 0 fully saturated rings. The highest BCUT2D eigenvalue weighted by atomic mass is 16.1. The Morgan fingerprint density at radius 2 is 1.77 bits per heavy atom. The number of rotatable bonds is 4. The third-order valence-corrected chi connectivity index (χ3v) is 4.21. The number of benzene rings is 3. The average molecular weight is 342 g/mol. The van der Waals surface area contributed by atoms with Gasteiger partial charge in [0.15, 0.2) is 0 Å². The molecule has 0 bridgehead atoms. The summed E-state index contributed by atoms with van der Waals surface area (Å²) < 4.78 is 1.89. The number of nitrogens with two attached hydrogens (primary N) is 1. The van der Waals surface area contributed by atoms with Gasteiger partial charge in [-0.1, -0.05) is 42.5 Å². The van der Waals surface area contributed by atoms with Crippen LogP contribution in [-0.4, -0.2) is 15.7 Å². The summed E-state index contributed by atoms with van der Waals surface area (Å²) in [5.41, 5.74) is 9.64. The first-order valence-corrected chi connectivity index (χ1v) is 8.36. The van der Waals surface area contributed by atoms with E-state index in [9.17, 15) is 4.79 Å². The van der Waals surface area contributed by atoms with Crippen LogP contribution in [0.25, 0.3) is 10.9 Å². The number of hydrogen-bond acceptors (Lipinski definition) is 3. The summed E-state index contributed by atoms with van der Waals surface area (Å²) in [5, 5.41) is 8.34. The maximum atomic E-state index is 12.5. The molecule has 3 aromatic carbocycles. The number of carbonyl (C=O) groups excluding carboxylic acids is 1. The van der Waals surface area contributed by atoms with Crippen molar-refractivity contribution in [2.75, 3.05) is 11.1 Å². The highest BCUT2D eigenvalue weighted by Gasteiger charge is 2.10. The molecule has 0 unspecified atom stereocenters. The van der Waals surface area contributed by atoms with Crippen LogP contribution in [0.4, 0.5) is 11.4 Å². The van der Waals surface area contributed by atoms with Crippen LogP contribution < -0.4 is 11.1 Å². The Bertz CT molecular complexity index is 1070. The minimum atomic E-state index is -0.194. The van der Waals surface area contributed by atoms with Gasteiger partial charge in [-0.25, -0.2) is 0 Å². The van der Waals surface area contributed by atoms with Crippen molar-refractivity contribution in [2.45, 2.75) is 6.54 Å². The topological polar surface area (TPSA) is 72.9 Å². The van der Waals surface area contributed by atoms with Gasteiger partial charge in [0.1, 0.15) is 0 Å². The van der Waals surface area contributed by atoms with Crippen molar-refractivity contribution in [1.82, 2.24) is 9.78 Å². The smallest absolute Gasteiger partial charge is 0.255 e. The zero-order valence-corrected chi connectivity index (χ0v) is 14.1. The molecule has 0 spiro atoms. The summed E-state index contributed by atoms with van der Waals surface area (Å²) in [6.07, 6.45) is 1.95. The molecule has 1 heterocycles. The van der Waals surface area contributed by atoms with Gasteiger partial charge in [-0.15, -0.1) is 0 Å². The summed E-state index contributed by atoms with van der Waals surface area (Å²) in [4.78, 5) is 12.5. The van der Waals surface area contributed by atoms with Gasteiger partial charge >= 0.3 is 0 Å². The van der Waals surface area contributed by atoms with Crippen LogP contribution in [-0.2, 0) is 6.54 Å². The Balaban J connectivity index is 1.57. The van der Waals surface area contributed by atoms with Gasteiger partial charge in [-0.2, -0.15) is 5.10 Å². The minimum Gasteiger partial charge on any atom is -0.397 e. The Labute approximate surface area is 151 Å². The average Bonchev–Trinajstić information content (AvgIpc) is 3.05. The van der Waals surface area contributed by atoms with Crippen molar-refractivity contribution in [3.8, 4) is 0 Å². The van der Waals surface area contributed by atoms with Gasteiger partial charge in [0.25, 0.3) is 5.91 Å². The van der Waals surface area contributed by atoms with Crippen molar-refractivity contribution in [3.63, 3.8) is 0 Å². The van der Waals surface area contributed by atoms with E-state index in [0.717, 1.165) is 10.9 Å². The number of fused-ring (bicyclic) bond motifs is 1. The molecular formula is C21H18N4O. The normalized spacial score (nSPS) is 10.8. The van der Waals surface area contributed by atoms with Crippen LogP contribution in [0.2, 0.25) is 0 Å². The Morgan fingerprint density at radius 3 is 2.58 bits per heavy atom. The Morgan fingerprint density at radius 1 is 1.00 bits per heavy atom. The van der Waals surface area contributed by atoms with Crippen LogP contribution in [0.5, 0.6) is 0 Å². The van der Waals surface area contributed by atoms with E-state index >= 15 is 0 Å². The molecule has 0 aliphatic carbocycles. The fourth-order valence-electron chi connectivity index (χ4n) is 2.87. The van der Waals surface area contributed by atoms with Gasteiger partial charge in [0, 0.05) is 17.1 Å². The number of carbonyl (C=O) groups is 1.